The van der Waals surface area contributed by atoms with Crippen LogP contribution in [0.4, 0.5) is 0 Å². The summed E-state index contributed by atoms with van der Waals surface area (Å²) in [6, 6.07) is 1.45. The van der Waals surface area contributed by atoms with E-state index < -0.39 is 0 Å². The van der Waals surface area contributed by atoms with Crippen LogP contribution in [0.15, 0.2) is 21.9 Å². The summed E-state index contributed by atoms with van der Waals surface area (Å²) in [6.45, 7) is 5.03. The van der Waals surface area contributed by atoms with E-state index in [1.54, 1.807) is 10.8 Å². The highest BCUT2D eigenvalue weighted by atomic mass is 16.5. The highest BCUT2D eigenvalue weighted by Crippen LogP contribution is 2.19. The molecule has 5 nitrogen and oxygen atoms in total. The van der Waals surface area contributed by atoms with E-state index in [1.165, 1.54) is 10.6 Å². The molecule has 0 spiro atoms. The molecule has 1 aliphatic rings. The lowest BCUT2D eigenvalue weighted by molar-refractivity contribution is 0.0441. The Hall–Kier alpha value is -1.36. The van der Waals surface area contributed by atoms with Crippen molar-refractivity contribution in [2.45, 2.75) is 58.4 Å². The van der Waals surface area contributed by atoms with Gasteiger partial charge in [0.2, 0.25) is 0 Å². The molecule has 18 heavy (non-hydrogen) atoms. The Morgan fingerprint density at radius 3 is 2.78 bits per heavy atom. The van der Waals surface area contributed by atoms with Crippen molar-refractivity contribution in [1.29, 1.82) is 0 Å². The predicted molar refractivity (Wildman–Crippen MR) is 68.8 cm³/mol. The molecular weight excluding hydrogens is 232 g/mol. The lowest BCUT2D eigenvalue weighted by Gasteiger charge is -2.13. The first-order chi connectivity index (χ1) is 8.61. The molecule has 1 saturated heterocycles. The van der Waals surface area contributed by atoms with Gasteiger partial charge >= 0.3 is 5.69 Å². The smallest absolute Gasteiger partial charge is 0.331 e. The molecule has 0 radical (unpaired) electrons. The Balaban J connectivity index is 2.24. The summed E-state index contributed by atoms with van der Waals surface area (Å²) in [5, 5.41) is 0. The van der Waals surface area contributed by atoms with E-state index in [9.17, 15) is 9.59 Å². The SMILES string of the molecule is CCCn1ccc(=O)n(CC2CCC(C)O2)c1=O. The van der Waals surface area contributed by atoms with Crippen molar-refractivity contribution in [1.82, 2.24) is 9.13 Å². The van der Waals surface area contributed by atoms with Crippen LogP contribution in [0.5, 0.6) is 0 Å². The molecule has 2 rings (SSSR count). The molecule has 0 bridgehead atoms. The van der Waals surface area contributed by atoms with Gasteiger partial charge in [0.25, 0.3) is 5.56 Å². The quantitative estimate of drug-likeness (QED) is 0.803. The lowest BCUT2D eigenvalue weighted by Crippen LogP contribution is -2.41. The van der Waals surface area contributed by atoms with Gasteiger partial charge in [-0.3, -0.25) is 9.36 Å². The zero-order valence-electron chi connectivity index (χ0n) is 11.0. The molecule has 0 N–H and O–H groups in total. The van der Waals surface area contributed by atoms with Crippen LogP contribution in [0, 0.1) is 0 Å². The minimum absolute atomic E-state index is 0.0112. The molecule has 1 aromatic rings. The van der Waals surface area contributed by atoms with Crippen LogP contribution in [0.1, 0.15) is 33.1 Å². The number of rotatable bonds is 4. The first-order valence-corrected chi connectivity index (χ1v) is 6.57. The maximum Gasteiger partial charge on any atom is 0.331 e. The monoisotopic (exact) mass is 252 g/mol. The standard InChI is InChI=1S/C13H20N2O3/c1-3-7-14-8-6-12(16)15(13(14)17)9-11-5-4-10(2)18-11/h6,8,10-11H,3-5,7,9H2,1-2H3. The van der Waals surface area contributed by atoms with E-state index in [4.69, 9.17) is 4.74 Å². The lowest BCUT2D eigenvalue weighted by atomic mass is 10.2. The van der Waals surface area contributed by atoms with Crippen LogP contribution < -0.4 is 11.2 Å². The van der Waals surface area contributed by atoms with E-state index in [-0.39, 0.29) is 23.5 Å². The second kappa shape index (κ2) is 5.52. The second-order valence-electron chi connectivity index (χ2n) is 4.89. The van der Waals surface area contributed by atoms with Crippen molar-refractivity contribution in [3.63, 3.8) is 0 Å². The summed E-state index contributed by atoms with van der Waals surface area (Å²) in [4.78, 5) is 23.9. The number of hydrogen-bond acceptors (Lipinski definition) is 3. The third-order valence-electron chi connectivity index (χ3n) is 3.31. The minimum Gasteiger partial charge on any atom is -0.373 e. The summed E-state index contributed by atoms with van der Waals surface area (Å²) >= 11 is 0. The number of aromatic nitrogens is 2. The molecule has 1 fully saturated rings. The first-order valence-electron chi connectivity index (χ1n) is 6.57. The average molecular weight is 252 g/mol. The van der Waals surface area contributed by atoms with E-state index in [0.717, 1.165) is 19.3 Å². The van der Waals surface area contributed by atoms with E-state index in [0.29, 0.717) is 13.1 Å². The molecule has 0 amide bonds. The zero-order chi connectivity index (χ0) is 13.1. The van der Waals surface area contributed by atoms with Gasteiger partial charge in [-0.2, -0.15) is 0 Å². The van der Waals surface area contributed by atoms with Crippen LogP contribution in [-0.2, 0) is 17.8 Å². The van der Waals surface area contributed by atoms with Gasteiger partial charge in [0, 0.05) is 18.8 Å². The van der Waals surface area contributed by atoms with E-state index >= 15 is 0 Å². The summed E-state index contributed by atoms with van der Waals surface area (Å²) in [6.07, 6.45) is 4.57. The average Bonchev–Trinajstić information content (AvgIpc) is 2.74. The Labute approximate surface area is 106 Å². The fourth-order valence-electron chi connectivity index (χ4n) is 2.36. The maximum absolute atomic E-state index is 12.1. The number of nitrogens with zero attached hydrogens (tertiary/aromatic N) is 2. The van der Waals surface area contributed by atoms with Gasteiger partial charge in [-0.25, -0.2) is 4.79 Å². The molecule has 0 aliphatic carbocycles. The molecule has 100 valence electrons. The fourth-order valence-corrected chi connectivity index (χ4v) is 2.36. The van der Waals surface area contributed by atoms with Gasteiger partial charge in [-0.15, -0.1) is 0 Å². The number of aryl methyl sites for hydroxylation is 1. The number of hydrogen-bond donors (Lipinski definition) is 0. The molecule has 2 unspecified atom stereocenters. The third-order valence-corrected chi connectivity index (χ3v) is 3.31. The second-order valence-corrected chi connectivity index (χ2v) is 4.89. The van der Waals surface area contributed by atoms with Gasteiger partial charge in [-0.1, -0.05) is 6.92 Å². The Bertz CT molecular complexity index is 518. The van der Waals surface area contributed by atoms with Gasteiger partial charge in [-0.05, 0) is 26.2 Å². The van der Waals surface area contributed by atoms with E-state index in [2.05, 4.69) is 0 Å². The molecule has 0 saturated carbocycles. The van der Waals surface area contributed by atoms with Crippen LogP contribution in [0.3, 0.4) is 0 Å². The summed E-state index contributed by atoms with van der Waals surface area (Å²) in [5.74, 6) is 0. The Morgan fingerprint density at radius 1 is 1.39 bits per heavy atom. The normalized spacial score (nSPS) is 23.4. The van der Waals surface area contributed by atoms with Crippen LogP contribution >= 0.6 is 0 Å². The third kappa shape index (κ3) is 2.72. The van der Waals surface area contributed by atoms with Crippen LogP contribution in [0.25, 0.3) is 0 Å². The van der Waals surface area contributed by atoms with Gasteiger partial charge < -0.3 is 9.30 Å². The predicted octanol–water partition coefficient (Wildman–Crippen LogP) is 0.988. The first kappa shape index (κ1) is 13.1. The summed E-state index contributed by atoms with van der Waals surface area (Å²) in [7, 11) is 0. The largest absolute Gasteiger partial charge is 0.373 e. The Kier molecular flexibility index (Phi) is 4.01. The van der Waals surface area contributed by atoms with Crippen molar-refractivity contribution in [2.24, 2.45) is 0 Å². The summed E-state index contributed by atoms with van der Waals surface area (Å²) in [5.41, 5.74) is -0.469. The number of ether oxygens (including phenoxy) is 1. The Morgan fingerprint density at radius 2 is 2.17 bits per heavy atom. The van der Waals surface area contributed by atoms with Gasteiger partial charge in [0.15, 0.2) is 0 Å². The molecular formula is C13H20N2O3. The van der Waals surface area contributed by atoms with Crippen LogP contribution in [-0.4, -0.2) is 21.3 Å². The molecule has 0 aromatic carbocycles. The van der Waals surface area contributed by atoms with Crippen LogP contribution in [0.2, 0.25) is 0 Å². The molecule has 1 aromatic heterocycles. The molecule has 2 atom stereocenters. The van der Waals surface area contributed by atoms with Crippen molar-refractivity contribution in [2.75, 3.05) is 0 Å². The van der Waals surface area contributed by atoms with Gasteiger partial charge in [0.1, 0.15) is 0 Å². The molecule has 2 heterocycles. The fraction of sp³-hybridized carbons (Fsp3) is 0.692. The minimum atomic E-state index is -0.240. The highest BCUT2D eigenvalue weighted by molar-refractivity contribution is 4.87. The maximum atomic E-state index is 12.1. The zero-order valence-corrected chi connectivity index (χ0v) is 11.0. The molecule has 1 aliphatic heterocycles. The van der Waals surface area contributed by atoms with Crippen molar-refractivity contribution in [3.8, 4) is 0 Å². The van der Waals surface area contributed by atoms with Crippen molar-refractivity contribution < 1.29 is 4.74 Å². The topological polar surface area (TPSA) is 53.2 Å². The van der Waals surface area contributed by atoms with Crippen molar-refractivity contribution in [3.05, 3.63) is 33.1 Å². The highest BCUT2D eigenvalue weighted by Gasteiger charge is 2.23. The van der Waals surface area contributed by atoms with E-state index in [1.807, 2.05) is 13.8 Å². The van der Waals surface area contributed by atoms with Crippen molar-refractivity contribution >= 4 is 0 Å². The molecule has 5 heteroatoms. The summed E-state index contributed by atoms with van der Waals surface area (Å²) < 4.78 is 8.54. The van der Waals surface area contributed by atoms with Gasteiger partial charge in [0.05, 0.1) is 18.8 Å².